The summed E-state index contributed by atoms with van der Waals surface area (Å²) in [4.78, 5) is 24.1. The van der Waals surface area contributed by atoms with E-state index in [9.17, 15) is 14.2 Å². The standard InChI is InChI=1S/C13H26NO6P/c1-7-18-11(15)10(14-12(16)13(4,5)6)21(17,19-8-2)20-9-3/h10H,7-9H2,1-6H3,(H,14,16). The minimum absolute atomic E-state index is 0.0819. The van der Waals surface area contributed by atoms with Crippen LogP contribution >= 0.6 is 7.60 Å². The number of amides is 1. The van der Waals surface area contributed by atoms with E-state index < -0.39 is 30.7 Å². The first kappa shape index (κ1) is 20.1. The molecular formula is C13H26NO6P. The number of nitrogens with one attached hydrogen (secondary N) is 1. The molecule has 0 radical (unpaired) electrons. The Balaban J connectivity index is 5.43. The molecule has 21 heavy (non-hydrogen) atoms. The van der Waals surface area contributed by atoms with E-state index in [1.807, 2.05) is 0 Å². The summed E-state index contributed by atoms with van der Waals surface area (Å²) >= 11 is 0. The van der Waals surface area contributed by atoms with E-state index in [2.05, 4.69) is 5.32 Å². The number of carbonyl (C=O) groups is 2. The number of carbonyl (C=O) groups excluding carboxylic acids is 2. The molecule has 1 N–H and O–H groups in total. The molecule has 1 atom stereocenters. The minimum atomic E-state index is -3.85. The maximum absolute atomic E-state index is 12.7. The van der Waals surface area contributed by atoms with Crippen LogP contribution in [-0.2, 0) is 27.9 Å². The molecule has 124 valence electrons. The van der Waals surface area contributed by atoms with Crippen molar-refractivity contribution in [3.8, 4) is 0 Å². The van der Waals surface area contributed by atoms with Crippen molar-refractivity contribution in [2.24, 2.45) is 5.41 Å². The highest BCUT2D eigenvalue weighted by Crippen LogP contribution is 2.52. The van der Waals surface area contributed by atoms with Crippen LogP contribution in [0, 0.1) is 5.41 Å². The fourth-order valence-corrected chi connectivity index (χ4v) is 3.08. The molecule has 1 unspecified atom stereocenters. The van der Waals surface area contributed by atoms with Gasteiger partial charge in [0.25, 0.3) is 0 Å². The summed E-state index contributed by atoms with van der Waals surface area (Å²) in [7, 11) is -3.85. The summed E-state index contributed by atoms with van der Waals surface area (Å²) in [5.41, 5.74) is -0.756. The molecule has 7 nitrogen and oxygen atoms in total. The van der Waals surface area contributed by atoms with E-state index in [0.717, 1.165) is 0 Å². The monoisotopic (exact) mass is 323 g/mol. The average Bonchev–Trinajstić information content (AvgIpc) is 2.35. The van der Waals surface area contributed by atoms with Gasteiger partial charge in [0.1, 0.15) is 0 Å². The van der Waals surface area contributed by atoms with Crippen molar-refractivity contribution in [3.63, 3.8) is 0 Å². The molecule has 0 rings (SSSR count). The zero-order valence-electron chi connectivity index (χ0n) is 13.6. The topological polar surface area (TPSA) is 90.9 Å². The first-order chi connectivity index (χ1) is 9.62. The van der Waals surface area contributed by atoms with E-state index in [0.29, 0.717) is 0 Å². The summed E-state index contributed by atoms with van der Waals surface area (Å²) in [5.74, 6) is -2.75. The number of esters is 1. The predicted molar refractivity (Wildman–Crippen MR) is 78.9 cm³/mol. The van der Waals surface area contributed by atoms with Gasteiger partial charge in [0, 0.05) is 5.41 Å². The van der Waals surface area contributed by atoms with Crippen LogP contribution in [0.25, 0.3) is 0 Å². The molecule has 0 heterocycles. The van der Waals surface area contributed by atoms with Crippen LogP contribution in [0.2, 0.25) is 0 Å². The Labute approximate surface area is 126 Å². The molecule has 8 heteroatoms. The lowest BCUT2D eigenvalue weighted by Crippen LogP contribution is -2.46. The predicted octanol–water partition coefficient (Wildman–Crippen LogP) is 2.30. The summed E-state index contributed by atoms with van der Waals surface area (Å²) < 4.78 is 27.9. The Morgan fingerprint density at radius 1 is 1.05 bits per heavy atom. The quantitative estimate of drug-likeness (QED) is 0.544. The highest BCUT2D eigenvalue weighted by atomic mass is 31.2. The third-order valence-electron chi connectivity index (χ3n) is 2.39. The molecule has 0 bridgehead atoms. The van der Waals surface area contributed by atoms with Crippen molar-refractivity contribution in [2.75, 3.05) is 19.8 Å². The number of hydrogen-bond donors (Lipinski definition) is 1. The Kier molecular flexibility index (Phi) is 8.14. The lowest BCUT2D eigenvalue weighted by molar-refractivity contribution is -0.146. The molecule has 0 fully saturated rings. The van der Waals surface area contributed by atoms with Gasteiger partial charge in [0.05, 0.1) is 19.8 Å². The summed E-state index contributed by atoms with van der Waals surface area (Å²) in [6.07, 6.45) is 0. The summed E-state index contributed by atoms with van der Waals surface area (Å²) in [6.45, 7) is 10.2. The lowest BCUT2D eigenvalue weighted by atomic mass is 9.96. The molecule has 0 aliphatic heterocycles. The van der Waals surface area contributed by atoms with Gasteiger partial charge in [0.15, 0.2) is 0 Å². The van der Waals surface area contributed by atoms with Gasteiger partial charge < -0.3 is 19.1 Å². The van der Waals surface area contributed by atoms with E-state index >= 15 is 0 Å². The van der Waals surface area contributed by atoms with E-state index in [4.69, 9.17) is 13.8 Å². The van der Waals surface area contributed by atoms with Gasteiger partial charge in [-0.15, -0.1) is 0 Å². The van der Waals surface area contributed by atoms with Crippen molar-refractivity contribution in [3.05, 3.63) is 0 Å². The van der Waals surface area contributed by atoms with Crippen LogP contribution in [0.1, 0.15) is 41.5 Å². The van der Waals surface area contributed by atoms with E-state index in [1.165, 1.54) is 0 Å². The van der Waals surface area contributed by atoms with Gasteiger partial charge in [-0.1, -0.05) is 20.8 Å². The third kappa shape index (κ3) is 6.16. The van der Waals surface area contributed by atoms with Crippen LogP contribution in [0.15, 0.2) is 0 Å². The Hall–Kier alpha value is -0.910. The molecule has 0 aliphatic carbocycles. The molecule has 0 aromatic carbocycles. The van der Waals surface area contributed by atoms with E-state index in [-0.39, 0.29) is 19.8 Å². The summed E-state index contributed by atoms with van der Waals surface area (Å²) in [6, 6.07) is 0. The van der Waals surface area contributed by atoms with Crippen molar-refractivity contribution < 1.29 is 27.9 Å². The van der Waals surface area contributed by atoms with Crippen molar-refractivity contribution in [1.29, 1.82) is 0 Å². The maximum atomic E-state index is 12.7. The first-order valence-electron chi connectivity index (χ1n) is 6.98. The zero-order chi connectivity index (χ0) is 16.7. The second-order valence-electron chi connectivity index (χ2n) is 5.25. The van der Waals surface area contributed by atoms with Gasteiger partial charge in [-0.2, -0.15) is 0 Å². The van der Waals surface area contributed by atoms with Crippen LogP contribution in [0.4, 0.5) is 0 Å². The fraction of sp³-hybridized carbons (Fsp3) is 0.846. The van der Waals surface area contributed by atoms with E-state index in [1.54, 1.807) is 41.5 Å². The molecular weight excluding hydrogens is 297 g/mol. The minimum Gasteiger partial charge on any atom is -0.464 e. The number of hydrogen-bond acceptors (Lipinski definition) is 6. The molecule has 0 saturated heterocycles. The van der Waals surface area contributed by atoms with Gasteiger partial charge in [-0.25, -0.2) is 4.79 Å². The Morgan fingerprint density at radius 3 is 1.86 bits per heavy atom. The smallest absolute Gasteiger partial charge is 0.364 e. The zero-order valence-corrected chi connectivity index (χ0v) is 14.5. The van der Waals surface area contributed by atoms with Crippen LogP contribution in [0.5, 0.6) is 0 Å². The first-order valence-corrected chi connectivity index (χ1v) is 8.59. The molecule has 0 saturated carbocycles. The van der Waals surface area contributed by atoms with Crippen LogP contribution in [-0.4, -0.2) is 37.5 Å². The second kappa shape index (κ2) is 8.51. The summed E-state index contributed by atoms with van der Waals surface area (Å²) in [5, 5.41) is 2.43. The maximum Gasteiger partial charge on any atom is 0.364 e. The molecule has 0 aromatic heterocycles. The third-order valence-corrected chi connectivity index (χ3v) is 4.60. The average molecular weight is 323 g/mol. The van der Waals surface area contributed by atoms with Crippen LogP contribution < -0.4 is 5.32 Å². The Morgan fingerprint density at radius 2 is 1.52 bits per heavy atom. The van der Waals surface area contributed by atoms with Gasteiger partial charge in [0.2, 0.25) is 11.7 Å². The van der Waals surface area contributed by atoms with Gasteiger partial charge >= 0.3 is 13.6 Å². The highest BCUT2D eigenvalue weighted by molar-refractivity contribution is 7.55. The SMILES string of the molecule is CCOC(=O)C(NC(=O)C(C)(C)C)P(=O)(OCC)OCC. The van der Waals surface area contributed by atoms with Gasteiger partial charge in [-0.3, -0.25) is 9.36 Å². The highest BCUT2D eigenvalue weighted by Gasteiger charge is 2.44. The molecule has 1 amide bonds. The van der Waals surface area contributed by atoms with Crippen molar-refractivity contribution in [1.82, 2.24) is 5.32 Å². The van der Waals surface area contributed by atoms with Crippen molar-refractivity contribution >= 4 is 19.5 Å². The second-order valence-corrected chi connectivity index (χ2v) is 7.37. The Bertz CT molecular complexity index is 394. The van der Waals surface area contributed by atoms with Gasteiger partial charge in [-0.05, 0) is 20.8 Å². The normalized spacial score (nSPS) is 13.6. The molecule has 0 aliphatic rings. The molecule has 0 aromatic rings. The largest absolute Gasteiger partial charge is 0.464 e. The van der Waals surface area contributed by atoms with Crippen LogP contribution in [0.3, 0.4) is 0 Å². The number of ether oxygens (including phenoxy) is 1. The molecule has 0 spiro atoms. The fourth-order valence-electron chi connectivity index (χ4n) is 1.38. The lowest BCUT2D eigenvalue weighted by Gasteiger charge is -2.28. The van der Waals surface area contributed by atoms with Crippen molar-refractivity contribution in [2.45, 2.75) is 47.3 Å². The number of rotatable bonds is 8.